The van der Waals surface area contributed by atoms with Gasteiger partial charge in [0, 0.05) is 12.6 Å². The van der Waals surface area contributed by atoms with Crippen LogP contribution in [0.3, 0.4) is 0 Å². The summed E-state index contributed by atoms with van der Waals surface area (Å²) in [5.74, 6) is 6.14. The highest BCUT2D eigenvalue weighted by Crippen LogP contribution is 2.26. The highest BCUT2D eigenvalue weighted by Gasteiger charge is 2.29. The van der Waals surface area contributed by atoms with Gasteiger partial charge in [-0.2, -0.15) is 0 Å². The molecule has 2 atom stereocenters. The summed E-state index contributed by atoms with van der Waals surface area (Å²) in [6.45, 7) is 2.68. The highest BCUT2D eigenvalue weighted by atomic mass is 16.1. The number of hydrazine groups is 1. The van der Waals surface area contributed by atoms with Crippen LogP contribution in [0.25, 0.3) is 0 Å². The zero-order valence-electron chi connectivity index (χ0n) is 10.3. The van der Waals surface area contributed by atoms with Crippen molar-refractivity contribution in [3.8, 4) is 0 Å². The van der Waals surface area contributed by atoms with E-state index in [4.69, 9.17) is 11.6 Å². The Kier molecular flexibility index (Phi) is 3.61. The molecule has 1 saturated heterocycles. The van der Waals surface area contributed by atoms with Crippen molar-refractivity contribution in [3.05, 3.63) is 12.4 Å². The molecule has 1 aliphatic heterocycles. The minimum Gasteiger partial charge on any atom is -0.369 e. The first-order chi connectivity index (χ1) is 8.61. The zero-order valence-corrected chi connectivity index (χ0v) is 10.3. The van der Waals surface area contributed by atoms with E-state index in [9.17, 15) is 4.79 Å². The third-order valence-corrected chi connectivity index (χ3v) is 3.35. The number of hydrogen-bond donors (Lipinski definition) is 3. The maximum Gasteiger partial charge on any atom is 0.222 e. The van der Waals surface area contributed by atoms with Crippen molar-refractivity contribution < 1.29 is 4.79 Å². The maximum absolute atomic E-state index is 11.3. The molecular weight excluding hydrogens is 232 g/mol. The van der Waals surface area contributed by atoms with Gasteiger partial charge in [0.2, 0.25) is 5.91 Å². The first-order valence-corrected chi connectivity index (χ1v) is 5.96. The van der Waals surface area contributed by atoms with E-state index in [1.807, 2.05) is 4.90 Å². The second kappa shape index (κ2) is 5.18. The van der Waals surface area contributed by atoms with Crippen LogP contribution in [-0.4, -0.2) is 28.5 Å². The summed E-state index contributed by atoms with van der Waals surface area (Å²) in [7, 11) is 0. The second-order valence-corrected chi connectivity index (χ2v) is 4.58. The van der Waals surface area contributed by atoms with E-state index >= 15 is 0 Å². The number of hydrogen-bond acceptors (Lipinski definition) is 6. The largest absolute Gasteiger partial charge is 0.369 e. The van der Waals surface area contributed by atoms with E-state index < -0.39 is 0 Å². The summed E-state index contributed by atoms with van der Waals surface area (Å²) >= 11 is 0. The summed E-state index contributed by atoms with van der Waals surface area (Å²) in [4.78, 5) is 21.7. The standard InChI is InChI=1S/C11H18N6O/c1-7-2-3-8(11(12)18)6-17(7)10-5-14-4-9(15-10)16-13/h4-5,7-8H,2-3,6,13H2,1H3,(H2,12,18)(H,15,16). The molecule has 0 radical (unpaired) electrons. The molecule has 1 aliphatic rings. The lowest BCUT2D eigenvalue weighted by molar-refractivity contribution is -0.122. The Bertz CT molecular complexity index is 437. The smallest absolute Gasteiger partial charge is 0.222 e. The molecule has 2 unspecified atom stereocenters. The van der Waals surface area contributed by atoms with Gasteiger partial charge >= 0.3 is 0 Å². The van der Waals surface area contributed by atoms with Crippen LogP contribution in [0, 0.1) is 5.92 Å². The lowest BCUT2D eigenvalue weighted by Gasteiger charge is -2.37. The molecular formula is C11H18N6O. The Morgan fingerprint density at radius 1 is 1.50 bits per heavy atom. The van der Waals surface area contributed by atoms with Crippen LogP contribution < -0.4 is 21.9 Å². The minimum atomic E-state index is -0.257. The van der Waals surface area contributed by atoms with Crippen LogP contribution in [-0.2, 0) is 4.79 Å². The van der Waals surface area contributed by atoms with Gasteiger partial charge in [-0.15, -0.1) is 0 Å². The number of nitrogen functional groups attached to an aromatic ring is 1. The summed E-state index contributed by atoms with van der Waals surface area (Å²) in [6.07, 6.45) is 4.95. The van der Waals surface area contributed by atoms with Gasteiger partial charge in [-0.3, -0.25) is 9.78 Å². The molecule has 1 aromatic heterocycles. The van der Waals surface area contributed by atoms with Gasteiger partial charge in [0.25, 0.3) is 0 Å². The van der Waals surface area contributed by atoms with Crippen molar-refractivity contribution in [3.63, 3.8) is 0 Å². The number of nitrogens with one attached hydrogen (secondary N) is 1. The van der Waals surface area contributed by atoms with Gasteiger partial charge in [-0.25, -0.2) is 10.8 Å². The number of nitrogens with two attached hydrogens (primary N) is 2. The molecule has 0 bridgehead atoms. The predicted octanol–water partition coefficient (Wildman–Crippen LogP) is -0.148. The Labute approximate surface area is 106 Å². The molecule has 0 saturated carbocycles. The third kappa shape index (κ3) is 2.51. The first kappa shape index (κ1) is 12.6. The van der Waals surface area contributed by atoms with Crippen molar-refractivity contribution in [1.82, 2.24) is 9.97 Å². The number of nitrogens with zero attached hydrogens (tertiary/aromatic N) is 3. The molecule has 7 heteroatoms. The zero-order chi connectivity index (χ0) is 13.1. The van der Waals surface area contributed by atoms with Gasteiger partial charge in [0.15, 0.2) is 5.82 Å². The van der Waals surface area contributed by atoms with Crippen LogP contribution in [0.5, 0.6) is 0 Å². The first-order valence-electron chi connectivity index (χ1n) is 5.96. The van der Waals surface area contributed by atoms with Crippen molar-refractivity contribution in [1.29, 1.82) is 0 Å². The number of rotatable bonds is 3. The van der Waals surface area contributed by atoms with Crippen molar-refractivity contribution in [2.24, 2.45) is 17.5 Å². The SMILES string of the molecule is CC1CCC(C(N)=O)CN1c1cncc(NN)n1. The lowest BCUT2D eigenvalue weighted by Crippen LogP contribution is -2.46. The van der Waals surface area contributed by atoms with E-state index in [1.54, 1.807) is 12.4 Å². The average molecular weight is 250 g/mol. The fourth-order valence-electron chi connectivity index (χ4n) is 2.22. The average Bonchev–Trinajstić information content (AvgIpc) is 2.39. The molecule has 2 heterocycles. The van der Waals surface area contributed by atoms with Gasteiger partial charge in [0.05, 0.1) is 18.3 Å². The molecule has 5 N–H and O–H groups in total. The fourth-order valence-corrected chi connectivity index (χ4v) is 2.22. The van der Waals surface area contributed by atoms with E-state index in [0.29, 0.717) is 24.2 Å². The molecule has 0 aromatic carbocycles. The van der Waals surface area contributed by atoms with Crippen LogP contribution in [0.4, 0.5) is 11.6 Å². The Morgan fingerprint density at radius 2 is 2.28 bits per heavy atom. The van der Waals surface area contributed by atoms with Crippen LogP contribution in [0.2, 0.25) is 0 Å². The van der Waals surface area contributed by atoms with Crippen molar-refractivity contribution in [2.45, 2.75) is 25.8 Å². The highest BCUT2D eigenvalue weighted by molar-refractivity contribution is 5.77. The topological polar surface area (TPSA) is 110 Å². The van der Waals surface area contributed by atoms with Crippen LogP contribution in [0.1, 0.15) is 19.8 Å². The maximum atomic E-state index is 11.3. The lowest BCUT2D eigenvalue weighted by atomic mass is 9.93. The number of amides is 1. The quantitative estimate of drug-likeness (QED) is 0.508. The van der Waals surface area contributed by atoms with Gasteiger partial charge in [-0.1, -0.05) is 0 Å². The molecule has 98 valence electrons. The molecule has 0 aliphatic carbocycles. The minimum absolute atomic E-state index is 0.127. The number of anilines is 2. The summed E-state index contributed by atoms with van der Waals surface area (Å²) < 4.78 is 0. The molecule has 2 rings (SSSR count). The Balaban J connectivity index is 2.21. The molecule has 0 spiro atoms. The number of carbonyl (C=O) groups excluding carboxylic acids is 1. The summed E-state index contributed by atoms with van der Waals surface area (Å²) in [5, 5.41) is 0. The number of aromatic nitrogens is 2. The number of carbonyl (C=O) groups is 1. The summed E-state index contributed by atoms with van der Waals surface area (Å²) in [5.41, 5.74) is 7.84. The monoisotopic (exact) mass is 250 g/mol. The Hall–Kier alpha value is -1.89. The molecule has 1 fully saturated rings. The third-order valence-electron chi connectivity index (χ3n) is 3.35. The fraction of sp³-hybridized carbons (Fsp3) is 0.545. The second-order valence-electron chi connectivity index (χ2n) is 4.58. The Morgan fingerprint density at radius 3 is 2.94 bits per heavy atom. The normalized spacial score (nSPS) is 23.8. The molecule has 18 heavy (non-hydrogen) atoms. The van der Waals surface area contributed by atoms with Crippen molar-refractivity contribution >= 4 is 17.5 Å². The van der Waals surface area contributed by atoms with Gasteiger partial charge in [-0.05, 0) is 19.8 Å². The van der Waals surface area contributed by atoms with Crippen LogP contribution in [0.15, 0.2) is 12.4 Å². The predicted molar refractivity (Wildman–Crippen MR) is 68.6 cm³/mol. The van der Waals surface area contributed by atoms with Crippen molar-refractivity contribution in [2.75, 3.05) is 16.9 Å². The van der Waals surface area contributed by atoms with E-state index in [1.165, 1.54) is 0 Å². The van der Waals surface area contributed by atoms with Gasteiger partial charge < -0.3 is 16.1 Å². The molecule has 1 aromatic rings. The number of primary amides is 1. The van der Waals surface area contributed by atoms with Gasteiger partial charge in [0.1, 0.15) is 5.82 Å². The number of piperidine rings is 1. The van der Waals surface area contributed by atoms with Crippen LogP contribution >= 0.6 is 0 Å². The van der Waals surface area contributed by atoms with E-state index in [0.717, 1.165) is 12.8 Å². The van der Waals surface area contributed by atoms with E-state index in [2.05, 4.69) is 22.3 Å². The summed E-state index contributed by atoms with van der Waals surface area (Å²) in [6, 6.07) is 0.308. The molecule has 7 nitrogen and oxygen atoms in total. The molecule has 1 amide bonds. The van der Waals surface area contributed by atoms with E-state index in [-0.39, 0.29) is 11.8 Å².